The molecule has 2 amide bonds. The summed E-state index contributed by atoms with van der Waals surface area (Å²) < 4.78 is 5.71. The minimum Gasteiger partial charge on any atom is -0.466 e. The van der Waals surface area contributed by atoms with Gasteiger partial charge in [-0.1, -0.05) is 15.9 Å². The molecule has 0 atom stereocenters. The van der Waals surface area contributed by atoms with Crippen LogP contribution in [0.5, 0.6) is 0 Å². The van der Waals surface area contributed by atoms with Gasteiger partial charge in [-0.05, 0) is 25.1 Å². The van der Waals surface area contributed by atoms with Gasteiger partial charge < -0.3 is 20.3 Å². The smallest absolute Gasteiger partial charge is 0.306 e. The second-order valence-electron chi connectivity index (χ2n) is 6.54. The third-order valence-corrected chi connectivity index (χ3v) is 5.26. The fourth-order valence-electron chi connectivity index (χ4n) is 3.38. The monoisotopic (exact) mass is 423 g/mol. The van der Waals surface area contributed by atoms with Crippen LogP contribution < -0.4 is 10.6 Å². The first-order valence-electron chi connectivity index (χ1n) is 8.76. The van der Waals surface area contributed by atoms with Crippen LogP contribution in [0, 0.1) is 0 Å². The lowest BCUT2D eigenvalue weighted by Crippen LogP contribution is -2.62. The van der Waals surface area contributed by atoms with E-state index in [0.717, 1.165) is 10.2 Å². The molecular weight excluding hydrogens is 402 g/mol. The lowest BCUT2D eigenvalue weighted by molar-refractivity contribution is -0.146. The van der Waals surface area contributed by atoms with Crippen LogP contribution in [0.25, 0.3) is 0 Å². The predicted octanol–water partition coefficient (Wildman–Crippen LogP) is 2.27. The molecule has 2 heterocycles. The number of carbonyl (C=O) groups excluding carboxylic acids is 3. The first-order valence-corrected chi connectivity index (χ1v) is 9.55. The fraction of sp³-hybridized carbons (Fsp3) is 0.500. The zero-order valence-electron chi connectivity index (χ0n) is 14.6. The molecule has 2 N–H and O–H groups in total. The number of hydrogen-bond donors (Lipinski definition) is 2. The molecule has 1 saturated heterocycles. The number of ether oxygens (including phenoxy) is 1. The number of amides is 2. The lowest BCUT2D eigenvalue weighted by atomic mass is 9.92. The van der Waals surface area contributed by atoms with Crippen molar-refractivity contribution in [2.24, 2.45) is 0 Å². The van der Waals surface area contributed by atoms with E-state index in [1.807, 2.05) is 12.1 Å². The molecule has 0 saturated carbocycles. The Kier molecular flexibility index (Phi) is 5.50. The number of carbonyl (C=O) groups is 3. The van der Waals surface area contributed by atoms with Gasteiger partial charge in [0, 0.05) is 42.5 Å². The number of esters is 1. The summed E-state index contributed by atoms with van der Waals surface area (Å²) in [7, 11) is 0. The number of rotatable bonds is 4. The Labute approximate surface area is 160 Å². The van der Waals surface area contributed by atoms with E-state index in [0.29, 0.717) is 38.1 Å². The van der Waals surface area contributed by atoms with Crippen molar-refractivity contribution in [3.63, 3.8) is 0 Å². The van der Waals surface area contributed by atoms with E-state index in [9.17, 15) is 14.4 Å². The van der Waals surface area contributed by atoms with Crippen molar-refractivity contribution in [2.75, 3.05) is 25.0 Å². The molecule has 0 aromatic heterocycles. The molecule has 0 aliphatic carbocycles. The average Bonchev–Trinajstić information content (AvgIpc) is 2.61. The van der Waals surface area contributed by atoms with Crippen LogP contribution in [0.4, 0.5) is 5.69 Å². The molecule has 7 nitrogen and oxygen atoms in total. The molecule has 1 aromatic carbocycles. The van der Waals surface area contributed by atoms with Crippen LogP contribution >= 0.6 is 15.9 Å². The van der Waals surface area contributed by atoms with Crippen molar-refractivity contribution in [2.45, 2.75) is 38.3 Å². The maximum atomic E-state index is 12.5. The maximum Gasteiger partial charge on any atom is 0.306 e. The molecule has 8 heteroatoms. The van der Waals surface area contributed by atoms with E-state index in [4.69, 9.17) is 4.74 Å². The average molecular weight is 424 g/mol. The van der Waals surface area contributed by atoms with Crippen LogP contribution in [0.3, 0.4) is 0 Å². The summed E-state index contributed by atoms with van der Waals surface area (Å²) in [6, 6.07) is 5.57. The van der Waals surface area contributed by atoms with Crippen LogP contribution in [0.15, 0.2) is 22.7 Å². The van der Waals surface area contributed by atoms with Gasteiger partial charge in [-0.2, -0.15) is 0 Å². The SMILES string of the molecule is CCOC(=O)CCC(=O)N1CCC2(CC1)NC(=O)c1cc(Br)ccc1N2. The number of hydrogen-bond acceptors (Lipinski definition) is 5. The van der Waals surface area contributed by atoms with Crippen LogP contribution in [0.2, 0.25) is 0 Å². The molecule has 0 bridgehead atoms. The largest absolute Gasteiger partial charge is 0.466 e. The molecule has 1 fully saturated rings. The lowest BCUT2D eigenvalue weighted by Gasteiger charge is -2.46. The second kappa shape index (κ2) is 7.65. The zero-order chi connectivity index (χ0) is 18.7. The number of halogens is 1. The van der Waals surface area contributed by atoms with Crippen molar-refractivity contribution in [1.29, 1.82) is 0 Å². The number of piperidine rings is 1. The summed E-state index contributed by atoms with van der Waals surface area (Å²) in [4.78, 5) is 37.9. The highest BCUT2D eigenvalue weighted by atomic mass is 79.9. The summed E-state index contributed by atoms with van der Waals surface area (Å²) >= 11 is 3.38. The van der Waals surface area contributed by atoms with Crippen molar-refractivity contribution in [1.82, 2.24) is 10.2 Å². The van der Waals surface area contributed by atoms with E-state index >= 15 is 0 Å². The highest BCUT2D eigenvalue weighted by molar-refractivity contribution is 9.10. The summed E-state index contributed by atoms with van der Waals surface area (Å²) in [6.07, 6.45) is 1.48. The minimum absolute atomic E-state index is 0.0561. The number of fused-ring (bicyclic) bond motifs is 1. The van der Waals surface area contributed by atoms with E-state index in [2.05, 4.69) is 26.6 Å². The molecule has 1 spiro atoms. The molecule has 2 aliphatic rings. The van der Waals surface area contributed by atoms with Crippen LogP contribution in [0.1, 0.15) is 43.0 Å². The van der Waals surface area contributed by atoms with Crippen molar-refractivity contribution in [3.8, 4) is 0 Å². The second-order valence-corrected chi connectivity index (χ2v) is 7.45. The number of anilines is 1. The Bertz CT molecular complexity index is 729. The third kappa shape index (κ3) is 4.00. The number of benzene rings is 1. The maximum absolute atomic E-state index is 12.5. The van der Waals surface area contributed by atoms with Crippen molar-refractivity contribution < 1.29 is 19.1 Å². The number of nitrogens with one attached hydrogen (secondary N) is 2. The predicted molar refractivity (Wildman–Crippen MR) is 99.6 cm³/mol. The standard InChI is InChI=1S/C18H22BrN3O4/c1-2-26-16(24)6-5-15(23)22-9-7-18(8-10-22)20-14-4-3-12(19)11-13(14)17(25)21-18/h3-4,11,20H,2,5-10H2,1H3,(H,21,25). The quantitative estimate of drug-likeness (QED) is 0.725. The van der Waals surface area contributed by atoms with Gasteiger partial charge in [0.15, 0.2) is 0 Å². The van der Waals surface area contributed by atoms with Gasteiger partial charge in [-0.15, -0.1) is 0 Å². The fourth-order valence-corrected chi connectivity index (χ4v) is 3.74. The zero-order valence-corrected chi connectivity index (χ0v) is 16.2. The number of nitrogens with zero attached hydrogens (tertiary/aromatic N) is 1. The molecule has 0 radical (unpaired) electrons. The Balaban J connectivity index is 1.58. The van der Waals surface area contributed by atoms with E-state index < -0.39 is 5.66 Å². The summed E-state index contributed by atoms with van der Waals surface area (Å²) in [5.41, 5.74) is 0.882. The normalized spacial score (nSPS) is 17.9. The minimum atomic E-state index is -0.532. The topological polar surface area (TPSA) is 87.7 Å². The van der Waals surface area contributed by atoms with E-state index in [-0.39, 0.29) is 30.6 Å². The molecule has 2 aliphatic heterocycles. The third-order valence-electron chi connectivity index (χ3n) is 4.77. The summed E-state index contributed by atoms with van der Waals surface area (Å²) in [5.74, 6) is -0.514. The molecule has 26 heavy (non-hydrogen) atoms. The van der Waals surface area contributed by atoms with E-state index in [1.54, 1.807) is 17.9 Å². The first kappa shape index (κ1) is 18.7. The first-order chi connectivity index (χ1) is 12.4. The van der Waals surface area contributed by atoms with Gasteiger partial charge >= 0.3 is 5.97 Å². The summed E-state index contributed by atoms with van der Waals surface area (Å²) in [5, 5.41) is 6.49. The van der Waals surface area contributed by atoms with Gasteiger partial charge in [-0.25, -0.2) is 0 Å². The molecule has 3 rings (SSSR count). The molecular formula is C18H22BrN3O4. The Morgan fingerprint density at radius 2 is 1.96 bits per heavy atom. The summed E-state index contributed by atoms with van der Waals surface area (Å²) in [6.45, 7) is 3.12. The van der Waals surface area contributed by atoms with Crippen molar-refractivity contribution >= 4 is 39.4 Å². The Hall–Kier alpha value is -2.09. The molecule has 0 unspecified atom stereocenters. The van der Waals surface area contributed by atoms with Gasteiger partial charge in [0.05, 0.1) is 18.6 Å². The van der Waals surface area contributed by atoms with Crippen molar-refractivity contribution in [3.05, 3.63) is 28.2 Å². The Morgan fingerprint density at radius 3 is 2.65 bits per heavy atom. The molecule has 140 valence electrons. The van der Waals surface area contributed by atoms with Gasteiger partial charge in [0.2, 0.25) is 5.91 Å². The van der Waals surface area contributed by atoms with Gasteiger partial charge in [-0.3, -0.25) is 14.4 Å². The van der Waals surface area contributed by atoms with E-state index in [1.165, 1.54) is 0 Å². The van der Waals surface area contributed by atoms with Crippen LogP contribution in [-0.2, 0) is 14.3 Å². The molecule has 1 aromatic rings. The van der Waals surface area contributed by atoms with Gasteiger partial charge in [0.1, 0.15) is 5.66 Å². The highest BCUT2D eigenvalue weighted by Gasteiger charge is 2.40. The highest BCUT2D eigenvalue weighted by Crippen LogP contribution is 2.32. The van der Waals surface area contributed by atoms with Crippen LogP contribution in [-0.4, -0.2) is 48.0 Å². The van der Waals surface area contributed by atoms with Gasteiger partial charge in [0.25, 0.3) is 5.91 Å². The number of likely N-dealkylation sites (tertiary alicyclic amines) is 1. The Morgan fingerprint density at radius 1 is 1.23 bits per heavy atom.